The number of ether oxygens (including phenoxy) is 3. The van der Waals surface area contributed by atoms with Crippen molar-refractivity contribution in [1.82, 2.24) is 10.3 Å². The molecule has 5 rings (SSSR count). The van der Waals surface area contributed by atoms with E-state index in [2.05, 4.69) is 11.4 Å². The number of esters is 1. The van der Waals surface area contributed by atoms with E-state index in [4.69, 9.17) is 19.2 Å². The Hall–Kier alpha value is -3.87. The number of amides is 1. The van der Waals surface area contributed by atoms with Crippen LogP contribution >= 0.6 is 0 Å². The van der Waals surface area contributed by atoms with Crippen molar-refractivity contribution in [3.63, 3.8) is 0 Å². The number of carbonyl (C=O) groups excluding carboxylic acids is 2. The average molecular weight is 473 g/mol. The van der Waals surface area contributed by atoms with E-state index < -0.39 is 12.1 Å². The molecule has 2 aliphatic carbocycles. The lowest BCUT2D eigenvalue weighted by atomic mass is 10.0. The van der Waals surface area contributed by atoms with Crippen LogP contribution in [0, 0.1) is 0 Å². The molecule has 7 heteroatoms. The molecule has 180 valence electrons. The molecule has 0 spiro atoms. The highest BCUT2D eigenvalue weighted by atomic mass is 16.5. The molecule has 0 bridgehead atoms. The summed E-state index contributed by atoms with van der Waals surface area (Å²) in [6, 6.07) is 13.5. The average Bonchev–Trinajstić information content (AvgIpc) is 3.61. The quantitative estimate of drug-likeness (QED) is 0.507. The Morgan fingerprint density at radius 3 is 2.57 bits per heavy atom. The molecule has 1 aromatic heterocycles. The smallest absolute Gasteiger partial charge is 0.339 e. The van der Waals surface area contributed by atoms with Crippen molar-refractivity contribution in [3.8, 4) is 11.5 Å². The maximum Gasteiger partial charge on any atom is 0.339 e. The third kappa shape index (κ3) is 4.58. The normalized spacial score (nSPS) is 16.6. The second kappa shape index (κ2) is 9.41. The Balaban J connectivity index is 1.52. The predicted molar refractivity (Wildman–Crippen MR) is 134 cm³/mol. The molecule has 2 aliphatic rings. The third-order valence-electron chi connectivity index (χ3n) is 6.47. The standard InChI is InChI=1S/C28H28N2O5/c1-16(27(31)29-19-10-11-19)35-28(32)25-20-6-4-5-7-22(20)30-26-18(9-12-21(25)26)14-17-8-13-23(33-2)24(15-17)34-3/h4-8,13-16,19H,9-12H2,1-3H3,(H,29,31)/b18-14+. The van der Waals surface area contributed by atoms with Crippen molar-refractivity contribution in [1.29, 1.82) is 0 Å². The van der Waals surface area contributed by atoms with Crippen LogP contribution in [-0.4, -0.2) is 43.2 Å². The number of aromatic nitrogens is 1. The van der Waals surface area contributed by atoms with Gasteiger partial charge >= 0.3 is 5.97 Å². The fourth-order valence-electron chi connectivity index (χ4n) is 4.48. The lowest BCUT2D eigenvalue weighted by Gasteiger charge is -2.16. The lowest BCUT2D eigenvalue weighted by molar-refractivity contribution is -0.129. The highest BCUT2D eigenvalue weighted by Gasteiger charge is 2.31. The van der Waals surface area contributed by atoms with Gasteiger partial charge in [-0.05, 0) is 73.6 Å². The molecule has 1 heterocycles. The molecular weight excluding hydrogens is 444 g/mol. The number of pyridine rings is 1. The molecule has 0 aliphatic heterocycles. The van der Waals surface area contributed by atoms with Crippen LogP contribution in [0.1, 0.15) is 53.4 Å². The Morgan fingerprint density at radius 1 is 1.06 bits per heavy atom. The molecule has 7 nitrogen and oxygen atoms in total. The summed E-state index contributed by atoms with van der Waals surface area (Å²) in [5.74, 6) is 0.556. The highest BCUT2D eigenvalue weighted by molar-refractivity contribution is 6.07. The van der Waals surface area contributed by atoms with E-state index in [0.717, 1.165) is 47.0 Å². The van der Waals surface area contributed by atoms with Gasteiger partial charge in [-0.3, -0.25) is 4.79 Å². The number of fused-ring (bicyclic) bond motifs is 2. The van der Waals surface area contributed by atoms with E-state index in [0.29, 0.717) is 29.0 Å². The maximum absolute atomic E-state index is 13.4. The second-order valence-electron chi connectivity index (χ2n) is 8.95. The summed E-state index contributed by atoms with van der Waals surface area (Å²) in [4.78, 5) is 30.7. The number of nitrogens with zero attached hydrogens (tertiary/aromatic N) is 1. The summed E-state index contributed by atoms with van der Waals surface area (Å²) in [5.41, 5.74) is 4.85. The van der Waals surface area contributed by atoms with E-state index >= 15 is 0 Å². The van der Waals surface area contributed by atoms with Crippen molar-refractivity contribution in [2.75, 3.05) is 14.2 Å². The Morgan fingerprint density at radius 2 is 1.83 bits per heavy atom. The van der Waals surface area contributed by atoms with E-state index in [9.17, 15) is 9.59 Å². The number of benzene rings is 2. The molecule has 0 radical (unpaired) electrons. The molecule has 1 saturated carbocycles. The minimum Gasteiger partial charge on any atom is -0.493 e. The molecule has 1 fully saturated rings. The molecule has 1 unspecified atom stereocenters. The van der Waals surface area contributed by atoms with Crippen LogP contribution in [0.2, 0.25) is 0 Å². The molecule has 1 N–H and O–H groups in total. The van der Waals surface area contributed by atoms with E-state index in [1.165, 1.54) is 0 Å². The number of hydrogen-bond acceptors (Lipinski definition) is 6. The van der Waals surface area contributed by atoms with Crippen molar-refractivity contribution in [2.45, 2.75) is 44.8 Å². The first-order valence-corrected chi connectivity index (χ1v) is 11.8. The SMILES string of the molecule is COc1ccc(/C=C2\CCc3c2nc2ccccc2c3C(=O)OC(C)C(=O)NC2CC2)cc1OC. The molecule has 1 atom stereocenters. The first-order valence-electron chi connectivity index (χ1n) is 11.8. The van der Waals surface area contributed by atoms with Crippen LogP contribution in [-0.2, 0) is 16.0 Å². The lowest BCUT2D eigenvalue weighted by Crippen LogP contribution is -2.37. The number of rotatable bonds is 7. The molecule has 35 heavy (non-hydrogen) atoms. The molecule has 0 saturated heterocycles. The summed E-state index contributed by atoms with van der Waals surface area (Å²) in [7, 11) is 3.21. The van der Waals surface area contributed by atoms with Gasteiger partial charge in [-0.2, -0.15) is 0 Å². The van der Waals surface area contributed by atoms with Gasteiger partial charge in [-0.25, -0.2) is 9.78 Å². The summed E-state index contributed by atoms with van der Waals surface area (Å²) in [6.07, 6.45) is 4.56. The minimum absolute atomic E-state index is 0.207. The van der Waals surface area contributed by atoms with Gasteiger partial charge in [-0.15, -0.1) is 0 Å². The van der Waals surface area contributed by atoms with Crippen molar-refractivity contribution in [2.24, 2.45) is 0 Å². The van der Waals surface area contributed by atoms with E-state index in [-0.39, 0.29) is 11.9 Å². The van der Waals surface area contributed by atoms with Crippen LogP contribution in [0.3, 0.4) is 0 Å². The largest absolute Gasteiger partial charge is 0.493 e. The van der Waals surface area contributed by atoms with Gasteiger partial charge in [0.2, 0.25) is 0 Å². The predicted octanol–water partition coefficient (Wildman–Crippen LogP) is 4.56. The van der Waals surface area contributed by atoms with Crippen molar-refractivity contribution >= 4 is 34.4 Å². The van der Waals surface area contributed by atoms with Gasteiger partial charge in [0.05, 0.1) is 31.0 Å². The number of methoxy groups -OCH3 is 2. The maximum atomic E-state index is 13.4. The number of carbonyl (C=O) groups is 2. The van der Waals surface area contributed by atoms with Crippen molar-refractivity contribution < 1.29 is 23.8 Å². The topological polar surface area (TPSA) is 86.8 Å². The second-order valence-corrected chi connectivity index (χ2v) is 8.95. The van der Waals surface area contributed by atoms with E-state index in [1.807, 2.05) is 42.5 Å². The molecule has 2 aromatic carbocycles. The third-order valence-corrected chi connectivity index (χ3v) is 6.47. The Labute approximate surface area is 204 Å². The fourth-order valence-corrected chi connectivity index (χ4v) is 4.48. The van der Waals surface area contributed by atoms with Crippen LogP contribution in [0.4, 0.5) is 0 Å². The Kier molecular flexibility index (Phi) is 6.16. The first kappa shape index (κ1) is 22.9. The van der Waals surface area contributed by atoms with E-state index in [1.54, 1.807) is 21.1 Å². The monoisotopic (exact) mass is 472 g/mol. The number of para-hydroxylation sites is 1. The van der Waals surface area contributed by atoms with Gasteiger partial charge in [0.25, 0.3) is 5.91 Å². The molecular formula is C28H28N2O5. The summed E-state index contributed by atoms with van der Waals surface area (Å²) >= 11 is 0. The van der Waals surface area contributed by atoms with Crippen LogP contribution < -0.4 is 14.8 Å². The molecule has 1 amide bonds. The summed E-state index contributed by atoms with van der Waals surface area (Å²) < 4.78 is 16.4. The number of hydrogen-bond donors (Lipinski definition) is 1. The number of nitrogens with one attached hydrogen (secondary N) is 1. The zero-order valence-corrected chi connectivity index (χ0v) is 20.1. The van der Waals surface area contributed by atoms with Gasteiger partial charge < -0.3 is 19.5 Å². The van der Waals surface area contributed by atoms with Gasteiger partial charge in [0.1, 0.15) is 0 Å². The van der Waals surface area contributed by atoms with Crippen molar-refractivity contribution in [3.05, 3.63) is 64.8 Å². The highest BCUT2D eigenvalue weighted by Crippen LogP contribution is 2.39. The number of allylic oxidation sites excluding steroid dienone is 1. The first-order chi connectivity index (χ1) is 17.0. The summed E-state index contributed by atoms with van der Waals surface area (Å²) in [6.45, 7) is 1.61. The Bertz CT molecular complexity index is 1340. The summed E-state index contributed by atoms with van der Waals surface area (Å²) in [5, 5.41) is 3.63. The van der Waals surface area contributed by atoms with Gasteiger partial charge in [0.15, 0.2) is 17.6 Å². The van der Waals surface area contributed by atoms with Crippen LogP contribution in [0.5, 0.6) is 11.5 Å². The van der Waals surface area contributed by atoms with Gasteiger partial charge in [0, 0.05) is 11.4 Å². The fraction of sp³-hybridized carbons (Fsp3) is 0.321. The zero-order chi connectivity index (χ0) is 24.5. The van der Waals surface area contributed by atoms with Gasteiger partial charge in [-0.1, -0.05) is 24.3 Å². The van der Waals surface area contributed by atoms with Crippen LogP contribution in [0.25, 0.3) is 22.6 Å². The molecule has 3 aromatic rings. The van der Waals surface area contributed by atoms with Crippen LogP contribution in [0.15, 0.2) is 42.5 Å². The zero-order valence-electron chi connectivity index (χ0n) is 20.1. The minimum atomic E-state index is -0.867.